The summed E-state index contributed by atoms with van der Waals surface area (Å²) in [7, 11) is 1.20. The molecule has 0 rings (SSSR count). The molecule has 9 nitrogen and oxygen atoms in total. The summed E-state index contributed by atoms with van der Waals surface area (Å²) in [5.74, 6) is -0.801. The van der Waals surface area contributed by atoms with Crippen LogP contribution >= 0.6 is 7.82 Å². The molecule has 0 saturated heterocycles. The number of ether oxygens (including phenoxy) is 2. The number of nitrogens with zero attached hydrogens (tertiary/aromatic N) is 1. The van der Waals surface area contributed by atoms with Crippen molar-refractivity contribution >= 4 is 19.8 Å². The van der Waals surface area contributed by atoms with E-state index in [9.17, 15) is 19.0 Å². The maximum absolute atomic E-state index is 12.9. The zero-order valence-electron chi connectivity index (χ0n) is 64.9. The van der Waals surface area contributed by atoms with Gasteiger partial charge < -0.3 is 27.9 Å². The normalized spacial score (nSPS) is 12.9. The van der Waals surface area contributed by atoms with Crippen LogP contribution in [0.25, 0.3) is 0 Å². The number of quaternary nitrogens is 1. The standard InChI is InChI=1S/C85H168NO8P/c1-6-8-10-12-14-16-18-20-22-24-26-28-30-32-34-36-38-39-40-41-42-43-44-45-46-47-48-50-52-54-56-58-60-62-64-66-68-70-72-74-76-78-85(88)94-83(82-93-95(89,90)92-80-79-86(3,4)5)81-91-84(87)77-75-73-71-69-67-65-63-61-59-57-55-53-51-49-37-35-33-31-29-27-25-23-21-19-17-15-13-11-9-7-2/h24,26,83H,6-23,25,27-82H2,1-5H3/b26-24-. The zero-order chi connectivity index (χ0) is 69.0. The van der Waals surface area contributed by atoms with Gasteiger partial charge in [0.05, 0.1) is 27.7 Å². The monoisotopic (exact) mass is 1360 g/mol. The highest BCUT2D eigenvalue weighted by Crippen LogP contribution is 2.38. The second-order valence-corrected chi connectivity index (χ2v) is 32.3. The van der Waals surface area contributed by atoms with E-state index in [0.29, 0.717) is 17.4 Å². The Morgan fingerprint density at radius 1 is 0.316 bits per heavy atom. The lowest BCUT2D eigenvalue weighted by Crippen LogP contribution is -2.37. The first-order valence-corrected chi connectivity index (χ1v) is 44.4. The molecule has 0 bridgehead atoms. The Kier molecular flexibility index (Phi) is 75.9. The van der Waals surface area contributed by atoms with E-state index < -0.39 is 26.5 Å². The van der Waals surface area contributed by atoms with Gasteiger partial charge in [0.2, 0.25) is 0 Å². The van der Waals surface area contributed by atoms with Crippen LogP contribution < -0.4 is 4.89 Å². The zero-order valence-corrected chi connectivity index (χ0v) is 65.8. The van der Waals surface area contributed by atoms with Crippen LogP contribution in [-0.2, 0) is 32.7 Å². The van der Waals surface area contributed by atoms with E-state index in [1.54, 1.807) is 0 Å². The third kappa shape index (κ3) is 81.6. The molecule has 566 valence electrons. The Labute approximate surface area is 594 Å². The Bertz CT molecular complexity index is 1600. The van der Waals surface area contributed by atoms with E-state index in [-0.39, 0.29) is 32.0 Å². The summed E-state index contributed by atoms with van der Waals surface area (Å²) < 4.78 is 34.5. The van der Waals surface area contributed by atoms with Crippen LogP contribution in [0.5, 0.6) is 0 Å². The number of hydrogen-bond donors (Lipinski definition) is 0. The number of allylic oxidation sites excluding steroid dienone is 2. The molecule has 2 unspecified atom stereocenters. The summed E-state index contributed by atoms with van der Waals surface area (Å²) in [5, 5.41) is 0. The van der Waals surface area contributed by atoms with Crippen molar-refractivity contribution in [3.05, 3.63) is 12.2 Å². The van der Waals surface area contributed by atoms with E-state index in [4.69, 9.17) is 18.5 Å². The molecule has 0 aromatic rings. The van der Waals surface area contributed by atoms with Crippen LogP contribution in [-0.4, -0.2) is 70.0 Å². The maximum atomic E-state index is 12.9. The van der Waals surface area contributed by atoms with Crippen molar-refractivity contribution in [3.63, 3.8) is 0 Å². The van der Waals surface area contributed by atoms with Crippen LogP contribution in [0.2, 0.25) is 0 Å². The highest BCUT2D eigenvalue weighted by molar-refractivity contribution is 7.45. The molecule has 0 aromatic heterocycles. The number of hydrogen-bond acceptors (Lipinski definition) is 8. The van der Waals surface area contributed by atoms with E-state index in [2.05, 4.69) is 26.0 Å². The SMILES string of the molecule is CCCCCCCCCC/C=C\CCCCCCCCCCCCCCCCCCCCCCCCCCCCCCCC(=O)OC(COC(=O)CCCCCCCCCCCCCCCCCCCCCCCCCCCCCCCC)COP(=O)([O-])OCC[N+](C)(C)C. The van der Waals surface area contributed by atoms with E-state index in [0.717, 1.165) is 32.1 Å². The maximum Gasteiger partial charge on any atom is 0.306 e. The molecule has 0 aliphatic carbocycles. The summed E-state index contributed by atoms with van der Waals surface area (Å²) in [6.07, 6.45) is 98.1. The number of carbonyl (C=O) groups excluding carboxylic acids is 2. The fourth-order valence-corrected chi connectivity index (χ4v) is 14.2. The van der Waals surface area contributed by atoms with Gasteiger partial charge in [-0.1, -0.05) is 431 Å². The van der Waals surface area contributed by atoms with Gasteiger partial charge in [-0.25, -0.2) is 0 Å². The Morgan fingerprint density at radius 2 is 0.537 bits per heavy atom. The minimum atomic E-state index is -4.64. The minimum Gasteiger partial charge on any atom is -0.756 e. The fraction of sp³-hybridized carbons (Fsp3) is 0.953. The molecule has 0 radical (unpaired) electrons. The number of likely N-dealkylation sites (N-methyl/N-ethyl adjacent to an activating group) is 1. The van der Waals surface area contributed by atoms with Gasteiger partial charge in [-0.3, -0.25) is 14.2 Å². The predicted molar refractivity (Wildman–Crippen MR) is 412 cm³/mol. The summed E-state index contributed by atoms with van der Waals surface area (Å²) >= 11 is 0. The van der Waals surface area contributed by atoms with Crippen molar-refractivity contribution in [2.75, 3.05) is 47.5 Å². The summed E-state index contributed by atoms with van der Waals surface area (Å²) in [6.45, 7) is 4.35. The molecular weight excluding hydrogens is 1190 g/mol. The third-order valence-electron chi connectivity index (χ3n) is 20.0. The number of phosphoric ester groups is 1. The topological polar surface area (TPSA) is 111 Å². The van der Waals surface area contributed by atoms with Gasteiger partial charge in [0, 0.05) is 12.8 Å². The van der Waals surface area contributed by atoms with E-state index >= 15 is 0 Å². The number of esters is 2. The van der Waals surface area contributed by atoms with Crippen LogP contribution in [0, 0.1) is 0 Å². The molecule has 0 saturated carbocycles. The Hall–Kier alpha value is -1.25. The van der Waals surface area contributed by atoms with Gasteiger partial charge in [0.25, 0.3) is 7.82 Å². The highest BCUT2D eigenvalue weighted by Gasteiger charge is 2.22. The number of rotatable bonds is 82. The van der Waals surface area contributed by atoms with Gasteiger partial charge in [-0.2, -0.15) is 0 Å². The van der Waals surface area contributed by atoms with Crippen LogP contribution in [0.15, 0.2) is 12.2 Å². The largest absolute Gasteiger partial charge is 0.756 e. The molecule has 2 atom stereocenters. The fourth-order valence-electron chi connectivity index (χ4n) is 13.5. The molecule has 0 amide bonds. The molecular formula is C85H168NO8P. The van der Waals surface area contributed by atoms with Crippen molar-refractivity contribution in [3.8, 4) is 0 Å². The first-order valence-electron chi connectivity index (χ1n) is 42.9. The Balaban J connectivity index is 3.84. The molecule has 95 heavy (non-hydrogen) atoms. The van der Waals surface area contributed by atoms with Crippen molar-refractivity contribution in [2.45, 2.75) is 476 Å². The molecule has 0 spiro atoms. The smallest absolute Gasteiger partial charge is 0.306 e. The van der Waals surface area contributed by atoms with Gasteiger partial charge in [0.15, 0.2) is 6.10 Å². The quantitative estimate of drug-likeness (QED) is 0.0195. The van der Waals surface area contributed by atoms with Crippen molar-refractivity contribution in [2.24, 2.45) is 0 Å². The molecule has 10 heteroatoms. The summed E-state index contributed by atoms with van der Waals surface area (Å²) in [6, 6.07) is 0. The van der Waals surface area contributed by atoms with Crippen molar-refractivity contribution in [1.29, 1.82) is 0 Å². The molecule has 0 fully saturated rings. The number of phosphoric acid groups is 1. The molecule has 0 heterocycles. The molecule has 0 aliphatic rings. The minimum absolute atomic E-state index is 0.0252. The first kappa shape index (κ1) is 93.8. The number of unbranched alkanes of at least 4 members (excludes halogenated alkanes) is 66. The second-order valence-electron chi connectivity index (χ2n) is 30.9. The second kappa shape index (κ2) is 76.9. The first-order chi connectivity index (χ1) is 46.5. The lowest BCUT2D eigenvalue weighted by Gasteiger charge is -2.28. The summed E-state index contributed by atoms with van der Waals surface area (Å²) in [4.78, 5) is 38.2. The van der Waals surface area contributed by atoms with Crippen molar-refractivity contribution in [1.82, 2.24) is 0 Å². The molecule has 0 aromatic carbocycles. The molecule has 0 N–H and O–H groups in total. The molecule has 0 aliphatic heterocycles. The van der Waals surface area contributed by atoms with Gasteiger partial charge >= 0.3 is 11.9 Å². The van der Waals surface area contributed by atoms with E-state index in [1.807, 2.05) is 21.1 Å². The van der Waals surface area contributed by atoms with Crippen molar-refractivity contribution < 1.29 is 42.1 Å². The van der Waals surface area contributed by atoms with Gasteiger partial charge in [0.1, 0.15) is 19.8 Å². The number of carbonyl (C=O) groups is 2. The lowest BCUT2D eigenvalue weighted by molar-refractivity contribution is -0.870. The average Bonchev–Trinajstić information content (AvgIpc) is 1.81. The lowest BCUT2D eigenvalue weighted by atomic mass is 10.0. The predicted octanol–water partition coefficient (Wildman–Crippen LogP) is 27.9. The van der Waals surface area contributed by atoms with Crippen LogP contribution in [0.3, 0.4) is 0 Å². The Morgan fingerprint density at radius 3 is 0.779 bits per heavy atom. The van der Waals surface area contributed by atoms with E-state index in [1.165, 1.54) is 405 Å². The van der Waals surface area contributed by atoms with Gasteiger partial charge in [-0.15, -0.1) is 0 Å². The summed E-state index contributed by atoms with van der Waals surface area (Å²) in [5.41, 5.74) is 0. The van der Waals surface area contributed by atoms with Crippen LogP contribution in [0.4, 0.5) is 0 Å². The third-order valence-corrected chi connectivity index (χ3v) is 21.0. The highest BCUT2D eigenvalue weighted by atomic mass is 31.2. The van der Waals surface area contributed by atoms with Gasteiger partial charge in [-0.05, 0) is 38.5 Å². The average molecular weight is 1360 g/mol. The van der Waals surface area contributed by atoms with Crippen LogP contribution in [0.1, 0.15) is 470 Å².